The second-order valence-corrected chi connectivity index (χ2v) is 7.72. The fourth-order valence-corrected chi connectivity index (χ4v) is 3.51. The van der Waals surface area contributed by atoms with Crippen LogP contribution in [0.3, 0.4) is 0 Å². The highest BCUT2D eigenvalue weighted by Crippen LogP contribution is 2.27. The maximum atomic E-state index is 12.3. The molecule has 1 aromatic heterocycles. The zero-order valence-corrected chi connectivity index (χ0v) is 18.1. The molecule has 0 bridgehead atoms. The Morgan fingerprint density at radius 1 is 1.03 bits per heavy atom. The van der Waals surface area contributed by atoms with Crippen LogP contribution in [0.1, 0.15) is 21.8 Å². The Bertz CT molecular complexity index is 1140. The van der Waals surface area contributed by atoms with E-state index in [-0.39, 0.29) is 11.6 Å². The molecule has 31 heavy (non-hydrogen) atoms. The molecule has 4 rings (SSSR count). The van der Waals surface area contributed by atoms with E-state index in [9.17, 15) is 4.79 Å². The van der Waals surface area contributed by atoms with Crippen LogP contribution in [-0.4, -0.2) is 31.1 Å². The first-order chi connectivity index (χ1) is 15.0. The van der Waals surface area contributed by atoms with Gasteiger partial charge in [0.1, 0.15) is 23.9 Å². The van der Waals surface area contributed by atoms with Crippen molar-refractivity contribution in [2.24, 2.45) is 4.99 Å². The highest BCUT2D eigenvalue weighted by atomic mass is 32.1. The molecule has 7 nitrogen and oxygen atoms in total. The molecule has 3 aromatic rings. The van der Waals surface area contributed by atoms with E-state index in [4.69, 9.17) is 18.9 Å². The SMILES string of the molecule is COc1cc(OC)cc(C2=N/C(=C\c3ccc(OCc4csc(C)n4)cc3)C(=O)O2)c1. The van der Waals surface area contributed by atoms with Gasteiger partial charge in [0.25, 0.3) is 0 Å². The lowest BCUT2D eigenvalue weighted by Gasteiger charge is -2.07. The summed E-state index contributed by atoms with van der Waals surface area (Å²) in [6.45, 7) is 2.37. The predicted molar refractivity (Wildman–Crippen MR) is 118 cm³/mol. The average Bonchev–Trinajstić information content (AvgIpc) is 3.38. The van der Waals surface area contributed by atoms with Crippen molar-refractivity contribution in [3.63, 3.8) is 0 Å². The maximum absolute atomic E-state index is 12.3. The number of nitrogens with zero attached hydrogens (tertiary/aromatic N) is 2. The molecule has 0 fully saturated rings. The summed E-state index contributed by atoms with van der Waals surface area (Å²) in [5.74, 6) is 1.56. The minimum atomic E-state index is -0.518. The molecule has 8 heteroatoms. The number of carbonyl (C=O) groups is 1. The minimum absolute atomic E-state index is 0.201. The number of thiazole rings is 1. The molecular weight excluding hydrogens is 416 g/mol. The Kier molecular flexibility index (Phi) is 5.99. The van der Waals surface area contributed by atoms with Crippen LogP contribution in [-0.2, 0) is 16.1 Å². The summed E-state index contributed by atoms with van der Waals surface area (Å²) in [4.78, 5) is 21.0. The molecule has 0 N–H and O–H groups in total. The third-order valence-corrected chi connectivity index (χ3v) is 5.28. The molecule has 1 aliphatic rings. The molecule has 0 radical (unpaired) electrons. The molecule has 2 heterocycles. The van der Waals surface area contributed by atoms with Gasteiger partial charge in [0.05, 0.1) is 24.9 Å². The van der Waals surface area contributed by atoms with E-state index in [1.807, 2.05) is 36.6 Å². The number of hydrogen-bond donors (Lipinski definition) is 0. The number of cyclic esters (lactones) is 1. The second kappa shape index (κ2) is 9.01. The monoisotopic (exact) mass is 436 g/mol. The van der Waals surface area contributed by atoms with Gasteiger partial charge in [-0.15, -0.1) is 11.3 Å². The van der Waals surface area contributed by atoms with Gasteiger partial charge in [-0.05, 0) is 42.8 Å². The van der Waals surface area contributed by atoms with E-state index in [1.54, 1.807) is 49.8 Å². The number of esters is 1. The van der Waals surface area contributed by atoms with Gasteiger partial charge in [-0.3, -0.25) is 0 Å². The number of carbonyl (C=O) groups excluding carboxylic acids is 1. The summed E-state index contributed by atoms with van der Waals surface area (Å²) in [5.41, 5.74) is 2.51. The normalized spacial score (nSPS) is 14.4. The van der Waals surface area contributed by atoms with Crippen molar-refractivity contribution in [1.29, 1.82) is 0 Å². The molecule has 0 unspecified atom stereocenters. The molecule has 0 atom stereocenters. The lowest BCUT2D eigenvalue weighted by molar-refractivity contribution is -0.129. The Hall–Kier alpha value is -3.65. The first-order valence-electron chi connectivity index (χ1n) is 9.44. The fourth-order valence-electron chi connectivity index (χ4n) is 2.91. The quantitative estimate of drug-likeness (QED) is 0.404. The number of aromatic nitrogens is 1. The van der Waals surface area contributed by atoms with Crippen LogP contribution in [0.25, 0.3) is 6.08 Å². The van der Waals surface area contributed by atoms with Crippen LogP contribution in [0, 0.1) is 6.92 Å². The third kappa shape index (κ3) is 4.92. The summed E-state index contributed by atoms with van der Waals surface area (Å²) < 4.78 is 21.6. The Labute approximate surface area is 183 Å². The summed E-state index contributed by atoms with van der Waals surface area (Å²) in [7, 11) is 3.11. The van der Waals surface area contributed by atoms with Gasteiger partial charge in [-0.25, -0.2) is 14.8 Å². The van der Waals surface area contributed by atoms with E-state index in [0.717, 1.165) is 22.0 Å². The molecule has 2 aromatic carbocycles. The topological polar surface area (TPSA) is 79.2 Å². The zero-order valence-electron chi connectivity index (χ0n) is 17.2. The lowest BCUT2D eigenvalue weighted by atomic mass is 10.2. The first-order valence-corrected chi connectivity index (χ1v) is 10.3. The van der Waals surface area contributed by atoms with Gasteiger partial charge < -0.3 is 18.9 Å². The standard InChI is InChI=1S/C23H20N2O5S/c1-14-24-17(13-31-14)12-29-18-6-4-15(5-7-18)8-21-23(26)30-22(25-21)16-9-19(27-2)11-20(10-16)28-3/h4-11,13H,12H2,1-3H3/b21-8-. The molecule has 158 valence electrons. The van der Waals surface area contributed by atoms with Crippen LogP contribution in [0.15, 0.2) is 58.5 Å². The van der Waals surface area contributed by atoms with Gasteiger partial charge in [0.2, 0.25) is 5.90 Å². The number of rotatable bonds is 7. The van der Waals surface area contributed by atoms with Gasteiger partial charge in [0, 0.05) is 17.0 Å². The van der Waals surface area contributed by atoms with Crippen LogP contribution in [0.5, 0.6) is 17.2 Å². The Balaban J connectivity index is 1.49. The largest absolute Gasteiger partial charge is 0.497 e. The van der Waals surface area contributed by atoms with Gasteiger partial charge in [-0.2, -0.15) is 0 Å². The maximum Gasteiger partial charge on any atom is 0.363 e. The third-order valence-electron chi connectivity index (χ3n) is 4.46. The van der Waals surface area contributed by atoms with Crippen LogP contribution in [0.4, 0.5) is 0 Å². The van der Waals surface area contributed by atoms with Gasteiger partial charge in [-0.1, -0.05) is 12.1 Å². The number of benzene rings is 2. The summed E-state index contributed by atoms with van der Waals surface area (Å²) >= 11 is 1.59. The molecule has 0 spiro atoms. The van der Waals surface area contributed by atoms with E-state index < -0.39 is 5.97 Å². The van der Waals surface area contributed by atoms with Crippen LogP contribution in [0.2, 0.25) is 0 Å². The summed E-state index contributed by atoms with van der Waals surface area (Å²) in [6.07, 6.45) is 1.67. The fraction of sp³-hybridized carbons (Fsp3) is 0.174. The van der Waals surface area contributed by atoms with Crippen molar-refractivity contribution in [3.8, 4) is 17.2 Å². The van der Waals surface area contributed by atoms with E-state index in [2.05, 4.69) is 9.98 Å². The highest BCUT2D eigenvalue weighted by molar-refractivity contribution is 7.09. The Morgan fingerprint density at radius 2 is 1.74 bits per heavy atom. The first kappa shape index (κ1) is 20.6. The minimum Gasteiger partial charge on any atom is -0.497 e. The molecular formula is C23H20N2O5S. The van der Waals surface area contributed by atoms with Gasteiger partial charge >= 0.3 is 5.97 Å². The number of methoxy groups -OCH3 is 2. The van der Waals surface area contributed by atoms with Crippen molar-refractivity contribution < 1.29 is 23.7 Å². The molecule has 1 aliphatic heterocycles. The number of hydrogen-bond acceptors (Lipinski definition) is 8. The molecule has 0 saturated heterocycles. The smallest absolute Gasteiger partial charge is 0.363 e. The van der Waals surface area contributed by atoms with Crippen molar-refractivity contribution in [2.75, 3.05) is 14.2 Å². The van der Waals surface area contributed by atoms with E-state index in [0.29, 0.717) is 23.7 Å². The average molecular weight is 436 g/mol. The molecule has 0 aliphatic carbocycles. The summed E-state index contributed by atoms with van der Waals surface area (Å²) in [5, 5.41) is 2.99. The second-order valence-electron chi connectivity index (χ2n) is 6.65. The number of aliphatic imine (C=N–C) groups is 1. The van der Waals surface area contributed by atoms with E-state index >= 15 is 0 Å². The van der Waals surface area contributed by atoms with Crippen LogP contribution < -0.4 is 14.2 Å². The van der Waals surface area contributed by atoms with Crippen molar-refractivity contribution in [1.82, 2.24) is 4.98 Å². The van der Waals surface area contributed by atoms with Crippen molar-refractivity contribution in [3.05, 3.63) is 75.4 Å². The highest BCUT2D eigenvalue weighted by Gasteiger charge is 2.25. The van der Waals surface area contributed by atoms with Gasteiger partial charge in [0.15, 0.2) is 5.70 Å². The Morgan fingerprint density at radius 3 is 2.35 bits per heavy atom. The van der Waals surface area contributed by atoms with Crippen molar-refractivity contribution >= 4 is 29.3 Å². The zero-order chi connectivity index (χ0) is 21.8. The molecule has 0 saturated carbocycles. The van der Waals surface area contributed by atoms with Crippen molar-refractivity contribution in [2.45, 2.75) is 13.5 Å². The number of ether oxygens (including phenoxy) is 4. The predicted octanol–water partition coefficient (Wildman–Crippen LogP) is 4.39. The number of aryl methyl sites for hydroxylation is 1. The van der Waals surface area contributed by atoms with E-state index in [1.165, 1.54) is 0 Å². The lowest BCUT2D eigenvalue weighted by Crippen LogP contribution is -2.06. The summed E-state index contributed by atoms with van der Waals surface area (Å²) in [6, 6.07) is 12.6. The molecule has 0 amide bonds. The van der Waals surface area contributed by atoms with Crippen LogP contribution >= 0.6 is 11.3 Å².